The van der Waals surface area contributed by atoms with Crippen molar-refractivity contribution >= 4 is 36.0 Å². The van der Waals surface area contributed by atoms with Crippen molar-refractivity contribution in [2.75, 3.05) is 14.2 Å². The number of hydrogen-bond acceptors (Lipinski definition) is 10. The van der Waals surface area contributed by atoms with E-state index in [1.807, 2.05) is 0 Å². The van der Waals surface area contributed by atoms with Gasteiger partial charge in [-0.05, 0) is 18.2 Å². The second-order valence-corrected chi connectivity index (χ2v) is 11.8. The van der Waals surface area contributed by atoms with Gasteiger partial charge >= 0.3 is 19.2 Å². The number of hydrogen-bond donors (Lipinski definition) is 0. The van der Waals surface area contributed by atoms with Crippen LogP contribution in [0.25, 0.3) is 10.9 Å². The molecule has 0 radical (unpaired) electrons. The van der Waals surface area contributed by atoms with Gasteiger partial charge in [-0.15, -0.1) is 0 Å². The van der Waals surface area contributed by atoms with Crippen molar-refractivity contribution in [2.24, 2.45) is 19.1 Å². The molecule has 2 aromatic carbocycles. The lowest BCUT2D eigenvalue weighted by molar-refractivity contribution is 0.113. The standard InChI is InChI=1S/C25H24ClF3N9O6P/c1-34-9-15-6-21(16(26)7-20(15)32-34)31-23-36(10-14-5-18(28)19(29)8-17(14)27)24(39)37(11-22-30-12-35(2)33-22)25(40)38(23)13-44-45(41,42-3)43-4/h5-9,12H,10-11,13H2,1-4H3. The summed E-state index contributed by atoms with van der Waals surface area (Å²) in [6, 6.07) is 3.89. The van der Waals surface area contributed by atoms with Gasteiger partial charge in [0.15, 0.2) is 17.5 Å². The van der Waals surface area contributed by atoms with Crippen LogP contribution in [0.3, 0.4) is 0 Å². The van der Waals surface area contributed by atoms with E-state index in [9.17, 15) is 27.3 Å². The number of rotatable bonds is 10. The minimum Gasteiger partial charge on any atom is -0.290 e. The highest BCUT2D eigenvalue weighted by molar-refractivity contribution is 7.48. The van der Waals surface area contributed by atoms with E-state index in [0.29, 0.717) is 27.6 Å². The molecule has 0 amide bonds. The fourth-order valence-corrected chi connectivity index (χ4v) is 5.13. The number of nitrogens with zero attached hydrogens (tertiary/aromatic N) is 9. The Labute approximate surface area is 255 Å². The molecule has 0 aliphatic carbocycles. The lowest BCUT2D eigenvalue weighted by Crippen LogP contribution is -2.55. The highest BCUT2D eigenvalue weighted by atomic mass is 35.5. The van der Waals surface area contributed by atoms with Crippen LogP contribution in [-0.2, 0) is 52.1 Å². The van der Waals surface area contributed by atoms with E-state index in [2.05, 4.69) is 20.2 Å². The van der Waals surface area contributed by atoms with E-state index in [1.54, 1.807) is 20.3 Å². The minimum atomic E-state index is -4.21. The van der Waals surface area contributed by atoms with Gasteiger partial charge in [-0.1, -0.05) is 11.6 Å². The molecule has 45 heavy (non-hydrogen) atoms. The van der Waals surface area contributed by atoms with Gasteiger partial charge in [0.05, 0.1) is 29.3 Å². The number of phosphoric ester groups is 1. The molecule has 238 valence electrons. The van der Waals surface area contributed by atoms with E-state index in [0.717, 1.165) is 23.4 Å². The second-order valence-electron chi connectivity index (χ2n) is 9.51. The number of fused-ring (bicyclic) bond motifs is 1. The molecule has 0 fully saturated rings. The molecule has 0 saturated heterocycles. The van der Waals surface area contributed by atoms with Crippen molar-refractivity contribution in [3.05, 3.63) is 97.2 Å². The summed E-state index contributed by atoms with van der Waals surface area (Å²) in [5.74, 6) is -3.97. The van der Waals surface area contributed by atoms with Crippen LogP contribution in [0.5, 0.6) is 0 Å². The van der Waals surface area contributed by atoms with Crippen LogP contribution >= 0.6 is 19.4 Å². The van der Waals surface area contributed by atoms with Gasteiger partial charge in [0, 0.05) is 51.5 Å². The average molecular weight is 670 g/mol. The van der Waals surface area contributed by atoms with Crippen molar-refractivity contribution in [3.8, 4) is 0 Å². The molecule has 0 saturated carbocycles. The minimum absolute atomic E-state index is 0.0371. The summed E-state index contributed by atoms with van der Waals surface area (Å²) in [6.07, 6.45) is 3.00. The Hall–Kier alpha value is -4.35. The Bertz CT molecular complexity index is 2170. The van der Waals surface area contributed by atoms with Crippen LogP contribution in [0.1, 0.15) is 11.4 Å². The first kappa shape index (κ1) is 32.1. The SMILES string of the molecule is COP(=O)(OC)OCn1c(=O)n(Cc2ncn(C)n2)c(=O)n(Cc2cc(F)c(F)cc2F)c1=Nc1cc2cn(C)nc2cc1Cl. The maximum absolute atomic E-state index is 14.9. The molecule has 0 N–H and O–H groups in total. The molecule has 0 atom stereocenters. The van der Waals surface area contributed by atoms with E-state index in [-0.39, 0.29) is 16.5 Å². The Balaban J connectivity index is 1.84. The zero-order valence-electron chi connectivity index (χ0n) is 24.0. The van der Waals surface area contributed by atoms with Crippen molar-refractivity contribution in [1.29, 1.82) is 0 Å². The predicted molar refractivity (Wildman–Crippen MR) is 152 cm³/mol. The van der Waals surface area contributed by atoms with Crippen molar-refractivity contribution in [1.82, 2.24) is 38.2 Å². The van der Waals surface area contributed by atoms with Crippen molar-refractivity contribution < 1.29 is 31.3 Å². The Morgan fingerprint density at radius 1 is 0.889 bits per heavy atom. The third-order valence-corrected chi connectivity index (χ3v) is 8.10. The lowest BCUT2D eigenvalue weighted by Gasteiger charge is -2.18. The summed E-state index contributed by atoms with van der Waals surface area (Å²) in [5.41, 5.74) is -2.52. The Kier molecular flexibility index (Phi) is 8.95. The smallest absolute Gasteiger partial charge is 0.290 e. The first-order valence-corrected chi connectivity index (χ1v) is 14.6. The van der Waals surface area contributed by atoms with Crippen molar-refractivity contribution in [2.45, 2.75) is 19.8 Å². The van der Waals surface area contributed by atoms with Gasteiger partial charge in [0.2, 0.25) is 5.62 Å². The van der Waals surface area contributed by atoms with E-state index in [1.165, 1.54) is 27.8 Å². The number of aromatic nitrogens is 8. The van der Waals surface area contributed by atoms with Crippen LogP contribution in [0.15, 0.2) is 51.4 Å². The second kappa shape index (κ2) is 12.6. The first-order valence-electron chi connectivity index (χ1n) is 12.8. The maximum Gasteiger partial charge on any atom is 0.475 e. The summed E-state index contributed by atoms with van der Waals surface area (Å²) in [5, 5.41) is 8.99. The predicted octanol–water partition coefficient (Wildman–Crippen LogP) is 2.60. The average Bonchev–Trinajstić information content (AvgIpc) is 3.58. The molecule has 3 aromatic heterocycles. The summed E-state index contributed by atoms with van der Waals surface area (Å²) >= 11 is 6.50. The molecule has 15 nitrogen and oxygen atoms in total. The molecule has 5 rings (SSSR count). The van der Waals surface area contributed by atoms with Gasteiger partial charge < -0.3 is 0 Å². The van der Waals surface area contributed by atoms with Gasteiger partial charge in [0.25, 0.3) is 0 Å². The molecular weight excluding hydrogens is 646 g/mol. The van der Waals surface area contributed by atoms with E-state index < -0.39 is 67.7 Å². The zero-order valence-corrected chi connectivity index (χ0v) is 25.7. The van der Waals surface area contributed by atoms with Crippen molar-refractivity contribution in [3.63, 3.8) is 0 Å². The quantitative estimate of drug-likeness (QED) is 0.161. The fourth-order valence-electron chi connectivity index (χ4n) is 4.31. The number of aryl methyl sites for hydroxylation is 2. The van der Waals surface area contributed by atoms with Gasteiger partial charge in [0.1, 0.15) is 18.9 Å². The molecule has 0 spiro atoms. The van der Waals surface area contributed by atoms with Gasteiger partial charge in [-0.2, -0.15) is 10.2 Å². The highest BCUT2D eigenvalue weighted by Crippen LogP contribution is 2.47. The number of benzene rings is 2. The lowest BCUT2D eigenvalue weighted by atomic mass is 10.2. The number of halogens is 4. The fraction of sp³-hybridized carbons (Fsp3) is 0.280. The van der Waals surface area contributed by atoms with Crippen LogP contribution in [0, 0.1) is 17.5 Å². The molecule has 0 aliphatic rings. The largest absolute Gasteiger partial charge is 0.475 e. The summed E-state index contributed by atoms with van der Waals surface area (Å²) in [7, 11) is 1.12. The number of phosphoric acid groups is 1. The third kappa shape index (κ3) is 6.55. The highest BCUT2D eigenvalue weighted by Gasteiger charge is 2.26. The molecule has 0 unspecified atom stereocenters. The first-order chi connectivity index (χ1) is 21.3. The monoisotopic (exact) mass is 669 g/mol. The topological polar surface area (TPSA) is 155 Å². The van der Waals surface area contributed by atoms with Crippen LogP contribution in [-0.4, -0.2) is 52.5 Å². The molecule has 3 heterocycles. The Morgan fingerprint density at radius 3 is 2.24 bits per heavy atom. The summed E-state index contributed by atoms with van der Waals surface area (Å²) in [6.45, 7) is -2.11. The third-order valence-electron chi connectivity index (χ3n) is 6.47. The maximum atomic E-state index is 14.9. The summed E-state index contributed by atoms with van der Waals surface area (Å²) in [4.78, 5) is 36.3. The van der Waals surface area contributed by atoms with Crippen LogP contribution in [0.4, 0.5) is 18.9 Å². The Morgan fingerprint density at radius 2 is 1.58 bits per heavy atom. The normalized spacial score (nSPS) is 12.5. The molecule has 20 heteroatoms. The molecule has 0 bridgehead atoms. The van der Waals surface area contributed by atoms with Gasteiger partial charge in [-0.3, -0.25) is 27.5 Å². The molecule has 5 aromatic rings. The van der Waals surface area contributed by atoms with Crippen LogP contribution < -0.4 is 17.0 Å². The summed E-state index contributed by atoms with van der Waals surface area (Å²) < 4.78 is 75.7. The molecule has 0 aliphatic heterocycles. The van der Waals surface area contributed by atoms with E-state index >= 15 is 0 Å². The zero-order chi connectivity index (χ0) is 32.6. The van der Waals surface area contributed by atoms with E-state index in [4.69, 9.17) is 25.2 Å². The van der Waals surface area contributed by atoms with Gasteiger partial charge in [-0.25, -0.2) is 46.4 Å². The molecular formula is C25H24ClF3N9O6P. The van der Waals surface area contributed by atoms with Crippen LogP contribution in [0.2, 0.25) is 5.02 Å².